The first-order valence-corrected chi connectivity index (χ1v) is 8.68. The van der Waals surface area contributed by atoms with Crippen LogP contribution in [0.3, 0.4) is 0 Å². The van der Waals surface area contributed by atoms with Gasteiger partial charge in [-0.2, -0.15) is 11.8 Å². The molecule has 2 heterocycles. The highest BCUT2D eigenvalue weighted by Crippen LogP contribution is 2.37. The Hall–Kier alpha value is -0.970. The number of rotatable bonds is 3. The monoisotopic (exact) mass is 306 g/mol. The minimum absolute atomic E-state index is 0.528. The Morgan fingerprint density at radius 2 is 2.15 bits per heavy atom. The number of fused-ring (bicyclic) bond motifs is 1. The lowest BCUT2D eigenvalue weighted by Crippen LogP contribution is -1.98. The van der Waals surface area contributed by atoms with E-state index in [0.29, 0.717) is 0 Å². The number of aliphatic hydroxyl groups is 1. The predicted octanol–water partition coefficient (Wildman–Crippen LogP) is 3.94. The van der Waals surface area contributed by atoms with Crippen molar-refractivity contribution in [1.29, 1.82) is 0 Å². The minimum atomic E-state index is -0.528. The van der Waals surface area contributed by atoms with Crippen LogP contribution in [0, 0.1) is 6.92 Å². The molecule has 0 saturated carbocycles. The highest BCUT2D eigenvalue weighted by molar-refractivity contribution is 7.98. The van der Waals surface area contributed by atoms with Gasteiger partial charge in [0, 0.05) is 15.5 Å². The van der Waals surface area contributed by atoms with E-state index in [4.69, 9.17) is 4.74 Å². The molecule has 2 nitrogen and oxygen atoms in total. The van der Waals surface area contributed by atoms with Crippen LogP contribution in [0.5, 0.6) is 5.75 Å². The van der Waals surface area contributed by atoms with E-state index in [1.807, 2.05) is 36.9 Å². The normalized spacial score (nSPS) is 15.8. The fourth-order valence-electron chi connectivity index (χ4n) is 2.54. The number of methoxy groups -OCH3 is 1. The average molecular weight is 306 g/mol. The number of aliphatic hydroxyl groups excluding tert-OH is 1. The van der Waals surface area contributed by atoms with E-state index >= 15 is 0 Å². The molecule has 1 N–H and O–H groups in total. The van der Waals surface area contributed by atoms with Crippen LogP contribution in [-0.2, 0) is 12.2 Å². The highest BCUT2D eigenvalue weighted by Gasteiger charge is 2.19. The van der Waals surface area contributed by atoms with Gasteiger partial charge in [-0.1, -0.05) is 6.07 Å². The molecule has 0 aliphatic carbocycles. The molecule has 1 aromatic heterocycles. The lowest BCUT2D eigenvalue weighted by atomic mass is 10.0. The topological polar surface area (TPSA) is 29.5 Å². The van der Waals surface area contributed by atoms with E-state index in [9.17, 15) is 5.11 Å². The molecular weight excluding hydrogens is 288 g/mol. The summed E-state index contributed by atoms with van der Waals surface area (Å²) in [5.74, 6) is 3.15. The van der Waals surface area contributed by atoms with Crippen molar-refractivity contribution in [2.24, 2.45) is 0 Å². The second-order valence-corrected chi connectivity index (χ2v) is 7.30. The van der Waals surface area contributed by atoms with Crippen LogP contribution in [-0.4, -0.2) is 18.0 Å². The number of benzene rings is 1. The zero-order valence-electron chi connectivity index (χ0n) is 11.7. The molecule has 1 unspecified atom stereocenters. The highest BCUT2D eigenvalue weighted by atomic mass is 32.2. The largest absolute Gasteiger partial charge is 0.496 e. The van der Waals surface area contributed by atoms with Crippen LogP contribution in [0.15, 0.2) is 24.3 Å². The summed E-state index contributed by atoms with van der Waals surface area (Å²) >= 11 is 3.73. The summed E-state index contributed by atoms with van der Waals surface area (Å²) in [5.41, 5.74) is 3.40. The van der Waals surface area contributed by atoms with E-state index in [2.05, 4.69) is 6.07 Å². The van der Waals surface area contributed by atoms with Gasteiger partial charge < -0.3 is 9.84 Å². The van der Waals surface area contributed by atoms with E-state index in [-0.39, 0.29) is 0 Å². The third-order valence-electron chi connectivity index (χ3n) is 3.65. The Morgan fingerprint density at radius 3 is 2.85 bits per heavy atom. The van der Waals surface area contributed by atoms with E-state index in [0.717, 1.165) is 33.9 Å². The quantitative estimate of drug-likeness (QED) is 0.931. The van der Waals surface area contributed by atoms with Crippen molar-refractivity contribution in [2.75, 3.05) is 12.9 Å². The Balaban J connectivity index is 1.90. The van der Waals surface area contributed by atoms with Gasteiger partial charge in [-0.25, -0.2) is 0 Å². The molecule has 4 heteroatoms. The van der Waals surface area contributed by atoms with Gasteiger partial charge >= 0.3 is 0 Å². The van der Waals surface area contributed by atoms with Crippen LogP contribution in [0.25, 0.3) is 0 Å². The lowest BCUT2D eigenvalue weighted by molar-refractivity contribution is 0.224. The molecule has 106 valence electrons. The van der Waals surface area contributed by atoms with Gasteiger partial charge in [-0.3, -0.25) is 0 Å². The van der Waals surface area contributed by atoms with Crippen molar-refractivity contribution in [3.8, 4) is 5.75 Å². The smallest absolute Gasteiger partial charge is 0.121 e. The molecule has 0 spiro atoms. The van der Waals surface area contributed by atoms with Crippen LogP contribution in [0.4, 0.5) is 0 Å². The first kappa shape index (κ1) is 14.0. The molecular formula is C16H18O2S2. The molecule has 3 rings (SSSR count). The zero-order chi connectivity index (χ0) is 14.1. The van der Waals surface area contributed by atoms with Crippen LogP contribution >= 0.6 is 23.1 Å². The van der Waals surface area contributed by atoms with Crippen LogP contribution in [0.2, 0.25) is 0 Å². The summed E-state index contributed by atoms with van der Waals surface area (Å²) in [6.45, 7) is 2.01. The molecule has 20 heavy (non-hydrogen) atoms. The Bertz CT molecular complexity index is 595. The fraction of sp³-hybridized carbons (Fsp3) is 0.375. The maximum Gasteiger partial charge on any atom is 0.121 e. The molecule has 2 aromatic rings. The van der Waals surface area contributed by atoms with Crippen molar-refractivity contribution in [2.45, 2.75) is 25.2 Å². The first-order valence-electron chi connectivity index (χ1n) is 6.71. The summed E-state index contributed by atoms with van der Waals surface area (Å²) in [5, 5.41) is 10.6. The Labute approximate surface area is 127 Å². The number of thioether (sulfide) groups is 1. The molecule has 1 aliphatic rings. The molecule has 0 fully saturated rings. The minimum Gasteiger partial charge on any atom is -0.496 e. The molecule has 0 saturated heterocycles. The number of ether oxygens (including phenoxy) is 1. The summed E-state index contributed by atoms with van der Waals surface area (Å²) in [6.07, 6.45) is 0.610. The fourth-order valence-corrected chi connectivity index (χ4v) is 4.93. The number of thiophene rings is 1. The van der Waals surface area contributed by atoms with Gasteiger partial charge in [0.1, 0.15) is 11.9 Å². The standard InChI is InChI=1S/C16H18O2S2/c1-10-7-11(3-4-13(10)18-2)16(17)15-8-12-9-19-6-5-14(12)20-15/h3-4,7-8,16-17H,5-6,9H2,1-2H3. The lowest BCUT2D eigenvalue weighted by Gasteiger charge is -2.12. The summed E-state index contributed by atoms with van der Waals surface area (Å²) in [7, 11) is 1.67. The third kappa shape index (κ3) is 2.60. The third-order valence-corrected chi connectivity index (χ3v) is 5.95. The van der Waals surface area contributed by atoms with Crippen LogP contribution < -0.4 is 4.74 Å². The summed E-state index contributed by atoms with van der Waals surface area (Å²) < 4.78 is 5.27. The van der Waals surface area contributed by atoms with Gasteiger partial charge in [0.2, 0.25) is 0 Å². The Morgan fingerprint density at radius 1 is 1.30 bits per heavy atom. The van der Waals surface area contributed by atoms with Gasteiger partial charge in [0.15, 0.2) is 0 Å². The van der Waals surface area contributed by atoms with E-state index < -0.39 is 6.10 Å². The van der Waals surface area contributed by atoms with Crippen LogP contribution in [0.1, 0.15) is 32.5 Å². The number of aryl methyl sites for hydroxylation is 2. The van der Waals surface area contributed by atoms with Crippen molar-refractivity contribution in [1.82, 2.24) is 0 Å². The van der Waals surface area contributed by atoms with Crippen molar-refractivity contribution >= 4 is 23.1 Å². The molecule has 0 radical (unpaired) electrons. The SMILES string of the molecule is COc1ccc(C(O)c2cc3c(s2)CCSC3)cc1C. The zero-order valence-corrected chi connectivity index (χ0v) is 13.3. The average Bonchev–Trinajstić information content (AvgIpc) is 2.90. The maximum absolute atomic E-state index is 10.6. The van der Waals surface area contributed by atoms with E-state index in [1.54, 1.807) is 18.4 Å². The molecule has 1 aliphatic heterocycles. The number of hydrogen-bond donors (Lipinski definition) is 1. The molecule has 1 aromatic carbocycles. The second-order valence-electron chi connectivity index (χ2n) is 5.03. The maximum atomic E-state index is 10.6. The number of hydrogen-bond acceptors (Lipinski definition) is 4. The van der Waals surface area contributed by atoms with E-state index in [1.165, 1.54) is 16.2 Å². The van der Waals surface area contributed by atoms with Gasteiger partial charge in [0.05, 0.1) is 7.11 Å². The van der Waals surface area contributed by atoms with Gasteiger partial charge in [0.25, 0.3) is 0 Å². The van der Waals surface area contributed by atoms with Gasteiger partial charge in [-0.15, -0.1) is 11.3 Å². The second kappa shape index (κ2) is 5.80. The summed E-state index contributed by atoms with van der Waals surface area (Å²) in [4.78, 5) is 2.50. The van der Waals surface area contributed by atoms with Crippen molar-refractivity contribution in [3.63, 3.8) is 0 Å². The molecule has 1 atom stereocenters. The first-order chi connectivity index (χ1) is 9.69. The molecule has 0 bridgehead atoms. The van der Waals surface area contributed by atoms with Crippen molar-refractivity contribution in [3.05, 3.63) is 50.7 Å². The summed E-state index contributed by atoms with van der Waals surface area (Å²) in [6, 6.07) is 8.06. The van der Waals surface area contributed by atoms with Crippen molar-refractivity contribution < 1.29 is 9.84 Å². The molecule has 0 amide bonds. The Kier molecular flexibility index (Phi) is 4.06. The van der Waals surface area contributed by atoms with Gasteiger partial charge in [-0.05, 0) is 54.0 Å². The predicted molar refractivity (Wildman–Crippen MR) is 86.0 cm³/mol.